The van der Waals surface area contributed by atoms with Crippen LogP contribution in [-0.2, 0) is 11.3 Å². The molecule has 0 saturated carbocycles. The van der Waals surface area contributed by atoms with Crippen LogP contribution in [0.2, 0.25) is 0 Å². The molecule has 1 aromatic carbocycles. The molecule has 0 atom stereocenters. The maximum absolute atomic E-state index is 12.0. The van der Waals surface area contributed by atoms with Crippen LogP contribution in [-0.4, -0.2) is 15.9 Å². The molecule has 0 saturated heterocycles. The standard InChI is InChI=1S/C17H14N2O3/c1-11-4-6-14(16(20)19-11)17(21)22-10-12-5-7-15-13(9-12)3-2-8-18-15/h2-9H,10H2,1H3,(H,19,20). The van der Waals surface area contributed by atoms with Gasteiger partial charge in [0.1, 0.15) is 12.2 Å². The van der Waals surface area contributed by atoms with Crippen LogP contribution in [0.5, 0.6) is 0 Å². The number of benzene rings is 1. The van der Waals surface area contributed by atoms with E-state index in [4.69, 9.17) is 4.74 Å². The van der Waals surface area contributed by atoms with E-state index in [1.54, 1.807) is 19.2 Å². The highest BCUT2D eigenvalue weighted by Gasteiger charge is 2.12. The molecule has 5 heteroatoms. The van der Waals surface area contributed by atoms with Crippen molar-refractivity contribution in [1.29, 1.82) is 0 Å². The molecule has 110 valence electrons. The van der Waals surface area contributed by atoms with Crippen LogP contribution >= 0.6 is 0 Å². The third kappa shape index (κ3) is 2.88. The lowest BCUT2D eigenvalue weighted by atomic mass is 10.1. The third-order valence-electron chi connectivity index (χ3n) is 3.31. The van der Waals surface area contributed by atoms with E-state index in [0.717, 1.165) is 16.5 Å². The summed E-state index contributed by atoms with van der Waals surface area (Å²) >= 11 is 0. The number of pyridine rings is 2. The summed E-state index contributed by atoms with van der Waals surface area (Å²) in [5.41, 5.74) is 1.99. The summed E-state index contributed by atoms with van der Waals surface area (Å²) in [6.07, 6.45) is 1.73. The molecule has 0 amide bonds. The molecular formula is C17H14N2O3. The van der Waals surface area contributed by atoms with Gasteiger partial charge >= 0.3 is 5.97 Å². The van der Waals surface area contributed by atoms with Crippen LogP contribution in [0.1, 0.15) is 21.6 Å². The van der Waals surface area contributed by atoms with Crippen molar-refractivity contribution in [3.63, 3.8) is 0 Å². The number of fused-ring (bicyclic) bond motifs is 1. The number of ether oxygens (including phenoxy) is 1. The largest absolute Gasteiger partial charge is 0.457 e. The lowest BCUT2D eigenvalue weighted by Gasteiger charge is -2.06. The lowest BCUT2D eigenvalue weighted by Crippen LogP contribution is -2.19. The summed E-state index contributed by atoms with van der Waals surface area (Å²) in [6, 6.07) is 12.6. The second kappa shape index (κ2) is 5.81. The normalized spacial score (nSPS) is 10.6. The average molecular weight is 294 g/mol. The first kappa shape index (κ1) is 14.0. The Hall–Kier alpha value is -2.95. The molecule has 3 rings (SSSR count). The molecule has 0 fully saturated rings. The Morgan fingerprint density at radius 3 is 2.91 bits per heavy atom. The molecular weight excluding hydrogens is 280 g/mol. The van der Waals surface area contributed by atoms with Gasteiger partial charge in [0.15, 0.2) is 0 Å². The zero-order chi connectivity index (χ0) is 15.5. The Bertz CT molecular complexity index is 900. The van der Waals surface area contributed by atoms with Gasteiger partial charge in [0.05, 0.1) is 5.52 Å². The zero-order valence-corrected chi connectivity index (χ0v) is 12.0. The van der Waals surface area contributed by atoms with E-state index >= 15 is 0 Å². The topological polar surface area (TPSA) is 72.0 Å². The van der Waals surface area contributed by atoms with Gasteiger partial charge < -0.3 is 9.72 Å². The van der Waals surface area contributed by atoms with E-state index in [2.05, 4.69) is 9.97 Å². The Labute approximate surface area is 126 Å². The third-order valence-corrected chi connectivity index (χ3v) is 3.31. The minimum Gasteiger partial charge on any atom is -0.457 e. The molecule has 0 aliphatic rings. The molecule has 0 aliphatic carbocycles. The number of aryl methyl sites for hydroxylation is 1. The van der Waals surface area contributed by atoms with Gasteiger partial charge in [-0.2, -0.15) is 0 Å². The predicted molar refractivity (Wildman–Crippen MR) is 82.7 cm³/mol. The minimum absolute atomic E-state index is 0.00746. The molecule has 2 heterocycles. The first-order valence-electron chi connectivity index (χ1n) is 6.84. The number of aromatic amines is 1. The summed E-state index contributed by atoms with van der Waals surface area (Å²) in [5.74, 6) is -0.632. The summed E-state index contributed by atoms with van der Waals surface area (Å²) in [6.45, 7) is 1.86. The van der Waals surface area contributed by atoms with E-state index in [9.17, 15) is 9.59 Å². The number of esters is 1. The van der Waals surface area contributed by atoms with Crippen LogP contribution in [0.15, 0.2) is 53.5 Å². The zero-order valence-electron chi connectivity index (χ0n) is 12.0. The van der Waals surface area contributed by atoms with Crippen molar-refractivity contribution >= 4 is 16.9 Å². The maximum atomic E-state index is 12.0. The number of nitrogens with one attached hydrogen (secondary N) is 1. The molecule has 1 N–H and O–H groups in total. The maximum Gasteiger partial charge on any atom is 0.344 e. The number of carbonyl (C=O) groups excluding carboxylic acids is 1. The average Bonchev–Trinajstić information content (AvgIpc) is 2.52. The number of H-pyrrole nitrogens is 1. The molecule has 0 bridgehead atoms. The molecule has 5 nitrogen and oxygen atoms in total. The minimum atomic E-state index is -0.632. The van der Waals surface area contributed by atoms with Crippen molar-refractivity contribution in [2.24, 2.45) is 0 Å². The van der Waals surface area contributed by atoms with Gasteiger partial charge in [0, 0.05) is 17.3 Å². The second-order valence-electron chi connectivity index (χ2n) is 4.99. The van der Waals surface area contributed by atoms with Crippen LogP contribution in [0.4, 0.5) is 0 Å². The molecule has 0 unspecified atom stereocenters. The Kier molecular flexibility index (Phi) is 3.70. The van der Waals surface area contributed by atoms with E-state index in [0.29, 0.717) is 5.69 Å². The highest BCUT2D eigenvalue weighted by Crippen LogP contribution is 2.14. The van der Waals surface area contributed by atoms with Crippen LogP contribution in [0.3, 0.4) is 0 Å². The molecule has 0 radical (unpaired) electrons. The summed E-state index contributed by atoms with van der Waals surface area (Å²) in [7, 11) is 0. The summed E-state index contributed by atoms with van der Waals surface area (Å²) in [4.78, 5) is 30.5. The number of hydrogen-bond donors (Lipinski definition) is 1. The summed E-state index contributed by atoms with van der Waals surface area (Å²) < 4.78 is 5.20. The highest BCUT2D eigenvalue weighted by molar-refractivity contribution is 5.89. The second-order valence-corrected chi connectivity index (χ2v) is 4.99. The van der Waals surface area contributed by atoms with Crippen molar-refractivity contribution in [3.8, 4) is 0 Å². The van der Waals surface area contributed by atoms with Crippen LogP contribution in [0.25, 0.3) is 10.9 Å². The van der Waals surface area contributed by atoms with E-state index < -0.39 is 11.5 Å². The number of rotatable bonds is 3. The SMILES string of the molecule is Cc1ccc(C(=O)OCc2ccc3ncccc3c2)c(=O)[nH]1. The molecule has 3 aromatic rings. The number of hydrogen-bond acceptors (Lipinski definition) is 4. The Morgan fingerprint density at radius 1 is 1.23 bits per heavy atom. The fourth-order valence-electron chi connectivity index (χ4n) is 2.17. The molecule has 22 heavy (non-hydrogen) atoms. The van der Waals surface area contributed by atoms with E-state index in [-0.39, 0.29) is 12.2 Å². The lowest BCUT2D eigenvalue weighted by molar-refractivity contribution is 0.0470. The first-order valence-corrected chi connectivity index (χ1v) is 6.84. The van der Waals surface area contributed by atoms with Crippen molar-refractivity contribution in [1.82, 2.24) is 9.97 Å². The first-order chi connectivity index (χ1) is 10.6. The van der Waals surface area contributed by atoms with Gasteiger partial charge in [-0.3, -0.25) is 9.78 Å². The van der Waals surface area contributed by atoms with Gasteiger partial charge in [0.2, 0.25) is 0 Å². The fraction of sp³-hybridized carbons (Fsp3) is 0.118. The van der Waals surface area contributed by atoms with Gasteiger partial charge in [0.25, 0.3) is 5.56 Å². The fourth-order valence-corrected chi connectivity index (χ4v) is 2.17. The number of nitrogens with zero attached hydrogens (tertiary/aromatic N) is 1. The van der Waals surface area contributed by atoms with Crippen molar-refractivity contribution in [2.45, 2.75) is 13.5 Å². The van der Waals surface area contributed by atoms with Crippen LogP contribution in [0, 0.1) is 6.92 Å². The van der Waals surface area contributed by atoms with Gasteiger partial charge in [-0.15, -0.1) is 0 Å². The van der Waals surface area contributed by atoms with E-state index in [1.165, 1.54) is 6.07 Å². The van der Waals surface area contributed by atoms with Gasteiger partial charge in [-0.1, -0.05) is 12.1 Å². The number of aromatic nitrogens is 2. The smallest absolute Gasteiger partial charge is 0.344 e. The molecule has 0 spiro atoms. The van der Waals surface area contributed by atoms with Crippen molar-refractivity contribution in [2.75, 3.05) is 0 Å². The quantitative estimate of drug-likeness (QED) is 0.754. The highest BCUT2D eigenvalue weighted by atomic mass is 16.5. The molecule has 2 aromatic heterocycles. The summed E-state index contributed by atoms with van der Waals surface area (Å²) in [5, 5.41) is 0.976. The van der Waals surface area contributed by atoms with Crippen molar-refractivity contribution in [3.05, 3.63) is 75.8 Å². The van der Waals surface area contributed by atoms with E-state index in [1.807, 2.05) is 30.3 Å². The predicted octanol–water partition coefficient (Wildman–Crippen LogP) is 2.59. The molecule has 0 aliphatic heterocycles. The van der Waals surface area contributed by atoms with Gasteiger partial charge in [-0.25, -0.2) is 4.79 Å². The number of carbonyl (C=O) groups is 1. The van der Waals surface area contributed by atoms with Crippen molar-refractivity contribution < 1.29 is 9.53 Å². The Balaban J connectivity index is 1.75. The monoisotopic (exact) mass is 294 g/mol. The van der Waals surface area contributed by atoms with Crippen LogP contribution < -0.4 is 5.56 Å². The van der Waals surface area contributed by atoms with Gasteiger partial charge in [-0.05, 0) is 42.8 Å². The Morgan fingerprint density at radius 2 is 2.09 bits per heavy atom.